The first-order chi connectivity index (χ1) is 9.41. The number of carbonyl (C=O) groups is 2. The van der Waals surface area contributed by atoms with Crippen molar-refractivity contribution in [2.24, 2.45) is 17.8 Å². The number of hydrogen-bond donors (Lipinski definition) is 1. The fourth-order valence-corrected chi connectivity index (χ4v) is 3.08. The average molecular weight is 282 g/mol. The summed E-state index contributed by atoms with van der Waals surface area (Å²) >= 11 is 0. The molecule has 5 nitrogen and oxygen atoms in total. The number of hydrogen-bond acceptors (Lipinski definition) is 3. The molecule has 5 heteroatoms. The van der Waals surface area contributed by atoms with Crippen LogP contribution in [-0.2, 0) is 14.3 Å². The Balaban J connectivity index is 2.18. The van der Waals surface area contributed by atoms with E-state index >= 15 is 0 Å². The van der Waals surface area contributed by atoms with Gasteiger partial charge in [0.2, 0.25) is 11.8 Å². The second kappa shape index (κ2) is 6.12. The van der Waals surface area contributed by atoms with E-state index in [-0.39, 0.29) is 35.7 Å². The molecule has 0 aliphatic carbocycles. The van der Waals surface area contributed by atoms with Crippen molar-refractivity contribution >= 4 is 11.8 Å². The molecule has 0 aromatic heterocycles. The van der Waals surface area contributed by atoms with Gasteiger partial charge in [-0.15, -0.1) is 0 Å². The Hall–Kier alpha value is -1.10. The molecule has 3 unspecified atom stereocenters. The highest BCUT2D eigenvalue weighted by Gasteiger charge is 2.43. The number of nitrogens with zero attached hydrogens (tertiary/aromatic N) is 1. The third-order valence-electron chi connectivity index (χ3n) is 4.23. The fourth-order valence-electron chi connectivity index (χ4n) is 3.08. The molecule has 2 aliphatic heterocycles. The molecule has 0 aromatic carbocycles. The molecule has 2 amide bonds. The van der Waals surface area contributed by atoms with Gasteiger partial charge in [0.15, 0.2) is 0 Å². The van der Waals surface area contributed by atoms with Gasteiger partial charge in [-0.3, -0.25) is 9.59 Å². The summed E-state index contributed by atoms with van der Waals surface area (Å²) < 4.78 is 5.39. The first-order valence-corrected chi connectivity index (χ1v) is 7.60. The molecule has 0 radical (unpaired) electrons. The first-order valence-electron chi connectivity index (χ1n) is 7.60. The van der Waals surface area contributed by atoms with Crippen LogP contribution in [0.3, 0.4) is 0 Å². The van der Waals surface area contributed by atoms with Crippen LogP contribution in [0.2, 0.25) is 0 Å². The molecule has 3 atom stereocenters. The Morgan fingerprint density at radius 1 is 1.25 bits per heavy atom. The molecule has 1 N–H and O–H groups in total. The van der Waals surface area contributed by atoms with Gasteiger partial charge >= 0.3 is 0 Å². The number of nitrogens with one attached hydrogen (secondary N) is 1. The van der Waals surface area contributed by atoms with E-state index in [9.17, 15) is 9.59 Å². The summed E-state index contributed by atoms with van der Waals surface area (Å²) in [7, 11) is 0. The predicted molar refractivity (Wildman–Crippen MR) is 76.0 cm³/mol. The van der Waals surface area contributed by atoms with Crippen LogP contribution in [-0.4, -0.2) is 48.6 Å². The summed E-state index contributed by atoms with van der Waals surface area (Å²) in [5, 5.41) is 2.89. The predicted octanol–water partition coefficient (Wildman–Crippen LogP) is 1.03. The van der Waals surface area contributed by atoms with Gasteiger partial charge in [-0.05, 0) is 18.3 Å². The molecule has 114 valence electrons. The zero-order chi connectivity index (χ0) is 14.9. The first kappa shape index (κ1) is 15.3. The Kier molecular flexibility index (Phi) is 4.68. The van der Waals surface area contributed by atoms with Crippen molar-refractivity contribution in [3.63, 3.8) is 0 Å². The Bertz CT molecular complexity index is 375. The van der Waals surface area contributed by atoms with E-state index in [0.29, 0.717) is 19.1 Å². The average Bonchev–Trinajstić information content (AvgIpc) is 2.85. The molecule has 0 saturated carbocycles. The van der Waals surface area contributed by atoms with Gasteiger partial charge in [-0.1, -0.05) is 27.7 Å². The smallest absolute Gasteiger partial charge is 0.246 e. The highest BCUT2D eigenvalue weighted by atomic mass is 16.5. The summed E-state index contributed by atoms with van der Waals surface area (Å²) in [6.07, 6.45) is 0.975. The van der Waals surface area contributed by atoms with Crippen molar-refractivity contribution in [2.75, 3.05) is 19.8 Å². The van der Waals surface area contributed by atoms with E-state index in [0.717, 1.165) is 13.0 Å². The van der Waals surface area contributed by atoms with Crippen molar-refractivity contribution in [1.29, 1.82) is 0 Å². The number of rotatable bonds is 4. The van der Waals surface area contributed by atoms with Crippen LogP contribution in [0.1, 0.15) is 34.1 Å². The van der Waals surface area contributed by atoms with Crippen molar-refractivity contribution in [2.45, 2.75) is 46.2 Å². The Morgan fingerprint density at radius 2 is 1.95 bits per heavy atom. The van der Waals surface area contributed by atoms with Gasteiger partial charge < -0.3 is 15.0 Å². The van der Waals surface area contributed by atoms with Crippen LogP contribution in [0.25, 0.3) is 0 Å². The molecular weight excluding hydrogens is 256 g/mol. The van der Waals surface area contributed by atoms with Crippen LogP contribution in [0.15, 0.2) is 0 Å². The molecule has 2 aliphatic rings. The van der Waals surface area contributed by atoms with Crippen LogP contribution < -0.4 is 5.32 Å². The molecule has 0 aromatic rings. The third kappa shape index (κ3) is 2.97. The van der Waals surface area contributed by atoms with Crippen molar-refractivity contribution in [3.05, 3.63) is 0 Å². The summed E-state index contributed by atoms with van der Waals surface area (Å²) in [6, 6.07) is -0.738. The lowest BCUT2D eigenvalue weighted by atomic mass is 9.91. The standard InChI is InChI=1S/C15H26N2O3/c1-9(2)12-15(19)17(7-11-5-6-20-8-11)13(10(3)4)14(18)16-12/h9-13H,5-8H2,1-4H3,(H,16,18). The highest BCUT2D eigenvalue weighted by Crippen LogP contribution is 2.24. The number of piperazine rings is 1. The third-order valence-corrected chi connectivity index (χ3v) is 4.23. The van der Waals surface area contributed by atoms with Gasteiger partial charge in [0.05, 0.1) is 6.61 Å². The van der Waals surface area contributed by atoms with Crippen molar-refractivity contribution in [1.82, 2.24) is 10.2 Å². The topological polar surface area (TPSA) is 58.6 Å². The maximum absolute atomic E-state index is 12.7. The maximum atomic E-state index is 12.7. The van der Waals surface area contributed by atoms with E-state index < -0.39 is 0 Å². The summed E-state index contributed by atoms with van der Waals surface area (Å²) in [6.45, 7) is 10.0. The molecule has 20 heavy (non-hydrogen) atoms. The zero-order valence-corrected chi connectivity index (χ0v) is 12.9. The van der Waals surface area contributed by atoms with Gasteiger partial charge in [0.25, 0.3) is 0 Å². The highest BCUT2D eigenvalue weighted by molar-refractivity contribution is 5.97. The molecule has 2 saturated heterocycles. The maximum Gasteiger partial charge on any atom is 0.246 e. The van der Waals surface area contributed by atoms with Crippen LogP contribution >= 0.6 is 0 Å². The SMILES string of the molecule is CC(C)C1NC(=O)C(C(C)C)N(CC2CCOC2)C1=O. The van der Waals surface area contributed by atoms with Gasteiger partial charge in [-0.25, -0.2) is 0 Å². The lowest BCUT2D eigenvalue weighted by Gasteiger charge is -2.42. The molecule has 0 bridgehead atoms. The normalized spacial score (nSPS) is 31.3. The van der Waals surface area contributed by atoms with E-state index in [1.807, 2.05) is 27.7 Å². The number of ether oxygens (including phenoxy) is 1. The van der Waals surface area contributed by atoms with Crippen LogP contribution in [0.5, 0.6) is 0 Å². The second-order valence-corrected chi connectivity index (χ2v) is 6.64. The minimum atomic E-state index is -0.389. The molecule has 0 spiro atoms. The fraction of sp³-hybridized carbons (Fsp3) is 0.867. The number of amides is 2. The van der Waals surface area contributed by atoms with E-state index in [1.165, 1.54) is 0 Å². The monoisotopic (exact) mass is 282 g/mol. The minimum absolute atomic E-state index is 0.0165. The minimum Gasteiger partial charge on any atom is -0.381 e. The van der Waals surface area contributed by atoms with Crippen molar-refractivity contribution < 1.29 is 14.3 Å². The Labute approximate surface area is 121 Å². The lowest BCUT2D eigenvalue weighted by molar-refractivity contribution is -0.153. The molecule has 2 fully saturated rings. The summed E-state index contributed by atoms with van der Waals surface area (Å²) in [5.74, 6) is 0.637. The van der Waals surface area contributed by atoms with Gasteiger partial charge in [0.1, 0.15) is 12.1 Å². The Morgan fingerprint density at radius 3 is 2.45 bits per heavy atom. The lowest BCUT2D eigenvalue weighted by Crippen LogP contribution is -2.66. The van der Waals surface area contributed by atoms with Crippen LogP contribution in [0, 0.1) is 17.8 Å². The molecule has 2 rings (SSSR count). The van der Waals surface area contributed by atoms with Gasteiger partial charge in [-0.2, -0.15) is 0 Å². The number of carbonyl (C=O) groups excluding carboxylic acids is 2. The second-order valence-electron chi connectivity index (χ2n) is 6.64. The molecule has 2 heterocycles. The van der Waals surface area contributed by atoms with E-state index in [2.05, 4.69) is 5.32 Å². The van der Waals surface area contributed by atoms with Gasteiger partial charge in [0, 0.05) is 19.1 Å². The van der Waals surface area contributed by atoms with E-state index in [4.69, 9.17) is 4.74 Å². The summed E-state index contributed by atoms with van der Waals surface area (Å²) in [5.41, 5.74) is 0. The molecular formula is C15H26N2O3. The summed E-state index contributed by atoms with van der Waals surface area (Å²) in [4.78, 5) is 26.8. The van der Waals surface area contributed by atoms with Crippen molar-refractivity contribution in [3.8, 4) is 0 Å². The zero-order valence-electron chi connectivity index (χ0n) is 12.9. The van der Waals surface area contributed by atoms with E-state index in [1.54, 1.807) is 4.90 Å². The van der Waals surface area contributed by atoms with Crippen LogP contribution in [0.4, 0.5) is 0 Å². The largest absolute Gasteiger partial charge is 0.381 e. The quantitative estimate of drug-likeness (QED) is 0.838.